The Morgan fingerprint density at radius 3 is 1.38 bits per heavy atom. The summed E-state index contributed by atoms with van der Waals surface area (Å²) in [5.41, 5.74) is 2.08. The van der Waals surface area contributed by atoms with Crippen molar-refractivity contribution in [1.82, 2.24) is 19.8 Å². The van der Waals surface area contributed by atoms with Crippen LogP contribution in [0, 0.1) is 0 Å². The van der Waals surface area contributed by atoms with Crippen molar-refractivity contribution in [3.05, 3.63) is 72.3 Å². The van der Waals surface area contributed by atoms with Crippen LogP contribution in [0.5, 0.6) is 11.5 Å². The van der Waals surface area contributed by atoms with E-state index in [0.717, 1.165) is 71.5 Å². The molecular formula is C32H38N4O4. The van der Waals surface area contributed by atoms with Gasteiger partial charge in [0.2, 0.25) is 0 Å². The molecule has 40 heavy (non-hydrogen) atoms. The fourth-order valence-corrected chi connectivity index (χ4v) is 4.72. The van der Waals surface area contributed by atoms with Crippen molar-refractivity contribution in [3.63, 3.8) is 0 Å². The van der Waals surface area contributed by atoms with Crippen molar-refractivity contribution in [2.75, 3.05) is 28.2 Å². The maximum Gasteiger partial charge on any atom is 0.414 e. The third-order valence-electron chi connectivity index (χ3n) is 6.90. The van der Waals surface area contributed by atoms with Gasteiger partial charge in [0.1, 0.15) is 11.5 Å². The Balaban J connectivity index is 1.23. The Bertz CT molecular complexity index is 1360. The van der Waals surface area contributed by atoms with Crippen molar-refractivity contribution in [1.29, 1.82) is 0 Å². The summed E-state index contributed by atoms with van der Waals surface area (Å²) in [5.74, 6) is 1.12. The van der Waals surface area contributed by atoms with Gasteiger partial charge in [-0.05, 0) is 49.9 Å². The molecule has 210 valence electrons. The number of ether oxygens (including phenoxy) is 2. The van der Waals surface area contributed by atoms with E-state index < -0.39 is 12.2 Å². The van der Waals surface area contributed by atoms with Crippen LogP contribution < -0.4 is 9.47 Å². The van der Waals surface area contributed by atoms with Gasteiger partial charge in [-0.25, -0.2) is 9.59 Å². The second-order valence-electron chi connectivity index (χ2n) is 10.4. The Labute approximate surface area is 235 Å². The summed E-state index contributed by atoms with van der Waals surface area (Å²) in [6.07, 6.45) is 11.3. The molecule has 0 aliphatic rings. The molecule has 0 bridgehead atoms. The molecule has 0 aliphatic carbocycles. The molecule has 0 fully saturated rings. The van der Waals surface area contributed by atoms with Crippen LogP contribution in [0.4, 0.5) is 9.59 Å². The lowest BCUT2D eigenvalue weighted by Crippen LogP contribution is -2.25. The number of benzene rings is 2. The molecule has 2 heterocycles. The Morgan fingerprint density at radius 2 is 0.975 bits per heavy atom. The molecule has 2 aromatic heterocycles. The quantitative estimate of drug-likeness (QED) is 0.189. The first-order chi connectivity index (χ1) is 19.3. The van der Waals surface area contributed by atoms with Gasteiger partial charge in [0.25, 0.3) is 0 Å². The maximum atomic E-state index is 12.0. The van der Waals surface area contributed by atoms with Crippen LogP contribution in [0.3, 0.4) is 0 Å². The zero-order valence-corrected chi connectivity index (χ0v) is 23.9. The average molecular weight is 543 g/mol. The van der Waals surface area contributed by atoms with Gasteiger partial charge in [0.05, 0.1) is 0 Å². The number of aryl methyl sites for hydroxylation is 2. The SMILES string of the molecule is CN(C)C(=O)Oc1cccc2c(CCCCCCCCc3nccc4c(OC(=O)N(C)C)cccc34)nccc12. The molecule has 0 radical (unpaired) electrons. The highest BCUT2D eigenvalue weighted by Crippen LogP contribution is 2.29. The molecule has 4 rings (SSSR count). The standard InChI is InChI=1S/C32H38N4O4/c1-35(2)31(37)39-29-17-11-13-23-25(29)19-21-33-27(23)15-9-7-5-6-8-10-16-28-24-14-12-18-30(26(24)20-22-34-28)40-32(38)36(3)4/h11-14,17-22H,5-10,15-16H2,1-4H3. The van der Waals surface area contributed by atoms with Gasteiger partial charge < -0.3 is 19.3 Å². The normalized spacial score (nSPS) is 11.0. The lowest BCUT2D eigenvalue weighted by atomic mass is 10.0. The molecule has 0 saturated carbocycles. The van der Waals surface area contributed by atoms with Gasteiger partial charge in [-0.1, -0.05) is 49.9 Å². The second-order valence-corrected chi connectivity index (χ2v) is 10.4. The fourth-order valence-electron chi connectivity index (χ4n) is 4.72. The zero-order valence-electron chi connectivity index (χ0n) is 23.9. The average Bonchev–Trinajstić information content (AvgIpc) is 2.94. The number of hydrogen-bond acceptors (Lipinski definition) is 6. The number of amides is 2. The first kappa shape index (κ1) is 28.8. The summed E-state index contributed by atoms with van der Waals surface area (Å²) in [6, 6.07) is 15.3. The van der Waals surface area contributed by atoms with E-state index in [2.05, 4.69) is 9.97 Å². The number of hydrogen-bond donors (Lipinski definition) is 0. The third-order valence-corrected chi connectivity index (χ3v) is 6.90. The van der Waals surface area contributed by atoms with Crippen molar-refractivity contribution >= 4 is 33.7 Å². The molecule has 0 N–H and O–H groups in total. The minimum absolute atomic E-state index is 0.391. The highest BCUT2D eigenvalue weighted by Gasteiger charge is 2.13. The topological polar surface area (TPSA) is 84.9 Å². The highest BCUT2D eigenvalue weighted by atomic mass is 16.6. The predicted molar refractivity (Wildman–Crippen MR) is 158 cm³/mol. The number of pyridine rings is 2. The molecular weight excluding hydrogens is 504 g/mol. The number of unbranched alkanes of at least 4 members (excludes halogenated alkanes) is 5. The van der Waals surface area contributed by atoms with E-state index in [0.29, 0.717) is 11.5 Å². The van der Waals surface area contributed by atoms with Crippen LogP contribution >= 0.6 is 0 Å². The monoisotopic (exact) mass is 542 g/mol. The van der Waals surface area contributed by atoms with Gasteiger partial charge in [-0.2, -0.15) is 0 Å². The summed E-state index contributed by atoms with van der Waals surface area (Å²) in [5, 5.41) is 3.89. The Hall–Kier alpha value is -4.20. The Kier molecular flexibility index (Phi) is 9.89. The molecule has 8 heteroatoms. The number of aromatic nitrogens is 2. The number of nitrogens with zero attached hydrogens (tertiary/aromatic N) is 4. The van der Waals surface area contributed by atoms with Crippen LogP contribution in [0.25, 0.3) is 21.5 Å². The van der Waals surface area contributed by atoms with Crippen molar-refractivity contribution < 1.29 is 19.1 Å². The van der Waals surface area contributed by atoms with Gasteiger partial charge in [-0.3, -0.25) is 9.97 Å². The molecule has 0 saturated heterocycles. The second kappa shape index (κ2) is 13.7. The van der Waals surface area contributed by atoms with Gasteiger partial charge in [0.15, 0.2) is 0 Å². The maximum absolute atomic E-state index is 12.0. The molecule has 0 spiro atoms. The molecule has 2 amide bonds. The number of rotatable bonds is 11. The first-order valence-electron chi connectivity index (χ1n) is 13.9. The predicted octanol–water partition coefficient (Wildman–Crippen LogP) is 7.03. The summed E-state index contributed by atoms with van der Waals surface area (Å²) < 4.78 is 11.1. The van der Waals surface area contributed by atoms with Crippen molar-refractivity contribution in [2.24, 2.45) is 0 Å². The third kappa shape index (κ3) is 7.25. The van der Waals surface area contributed by atoms with Crippen LogP contribution in [0.15, 0.2) is 60.9 Å². The fraction of sp³-hybridized carbons (Fsp3) is 0.375. The molecule has 0 unspecified atom stereocenters. The lowest BCUT2D eigenvalue weighted by molar-refractivity contribution is 0.171. The van der Waals surface area contributed by atoms with Gasteiger partial charge in [0, 0.05) is 73.5 Å². The molecule has 8 nitrogen and oxygen atoms in total. The minimum Gasteiger partial charge on any atom is -0.410 e. The Morgan fingerprint density at radius 1 is 0.575 bits per heavy atom. The lowest BCUT2D eigenvalue weighted by Gasteiger charge is -2.13. The van der Waals surface area contributed by atoms with Crippen molar-refractivity contribution in [2.45, 2.75) is 51.4 Å². The van der Waals surface area contributed by atoms with Crippen LogP contribution in [-0.4, -0.2) is 60.1 Å². The molecule has 4 aromatic rings. The smallest absolute Gasteiger partial charge is 0.410 e. The summed E-state index contributed by atoms with van der Waals surface area (Å²) >= 11 is 0. The molecule has 0 aliphatic heterocycles. The van der Waals surface area contributed by atoms with Gasteiger partial charge >= 0.3 is 12.2 Å². The largest absolute Gasteiger partial charge is 0.414 e. The van der Waals surface area contributed by atoms with Crippen LogP contribution in [-0.2, 0) is 12.8 Å². The van der Waals surface area contributed by atoms with E-state index in [1.165, 1.54) is 22.6 Å². The van der Waals surface area contributed by atoms with Crippen LogP contribution in [0.2, 0.25) is 0 Å². The van der Waals surface area contributed by atoms with E-state index in [1.54, 1.807) is 40.6 Å². The van der Waals surface area contributed by atoms with Crippen LogP contribution in [0.1, 0.15) is 49.9 Å². The highest BCUT2D eigenvalue weighted by molar-refractivity contribution is 5.92. The van der Waals surface area contributed by atoms with E-state index in [4.69, 9.17) is 9.47 Å². The van der Waals surface area contributed by atoms with Crippen molar-refractivity contribution in [3.8, 4) is 11.5 Å². The summed E-state index contributed by atoms with van der Waals surface area (Å²) in [6.45, 7) is 0. The molecule has 2 aromatic carbocycles. The number of carbonyl (C=O) groups is 2. The van der Waals surface area contributed by atoms with E-state index >= 15 is 0 Å². The molecule has 0 atom stereocenters. The summed E-state index contributed by atoms with van der Waals surface area (Å²) in [7, 11) is 6.68. The minimum atomic E-state index is -0.391. The zero-order chi connectivity index (χ0) is 28.5. The van der Waals surface area contributed by atoms with E-state index in [1.807, 2.05) is 48.5 Å². The summed E-state index contributed by atoms with van der Waals surface area (Å²) in [4.78, 5) is 36.1. The van der Waals surface area contributed by atoms with Gasteiger partial charge in [-0.15, -0.1) is 0 Å². The number of carbonyl (C=O) groups excluding carboxylic acids is 2. The first-order valence-corrected chi connectivity index (χ1v) is 13.9. The number of fused-ring (bicyclic) bond motifs is 2. The van der Waals surface area contributed by atoms with E-state index in [9.17, 15) is 9.59 Å². The van der Waals surface area contributed by atoms with E-state index in [-0.39, 0.29) is 0 Å².